The summed E-state index contributed by atoms with van der Waals surface area (Å²) in [4.78, 5) is 19.5. The van der Waals surface area contributed by atoms with Crippen LogP contribution in [0.1, 0.15) is 34.0 Å². The number of benzene rings is 2. The van der Waals surface area contributed by atoms with Gasteiger partial charge in [-0.2, -0.15) is 0 Å². The van der Waals surface area contributed by atoms with Gasteiger partial charge in [0.15, 0.2) is 4.96 Å². The molecule has 0 saturated carbocycles. The SMILES string of the molecule is O=C(NCCC(c1ccccc1)c1ccccc1)c1csc2nc(-c3cccs3)cn12. The van der Waals surface area contributed by atoms with E-state index in [0.717, 1.165) is 22.0 Å². The maximum absolute atomic E-state index is 12.9. The van der Waals surface area contributed by atoms with Gasteiger partial charge >= 0.3 is 0 Å². The molecule has 154 valence electrons. The lowest BCUT2D eigenvalue weighted by molar-refractivity contribution is 0.0947. The summed E-state index contributed by atoms with van der Waals surface area (Å²) in [5.41, 5.74) is 4.06. The quantitative estimate of drug-likeness (QED) is 0.331. The Hall–Kier alpha value is -3.22. The summed E-state index contributed by atoms with van der Waals surface area (Å²) in [5.74, 6) is 0.171. The van der Waals surface area contributed by atoms with Gasteiger partial charge in [-0.05, 0) is 29.0 Å². The van der Waals surface area contributed by atoms with E-state index >= 15 is 0 Å². The van der Waals surface area contributed by atoms with Crippen LogP contribution in [0.25, 0.3) is 15.5 Å². The van der Waals surface area contributed by atoms with E-state index in [2.05, 4.69) is 58.8 Å². The van der Waals surface area contributed by atoms with Crippen molar-refractivity contribution in [2.24, 2.45) is 0 Å². The molecule has 5 rings (SSSR count). The summed E-state index contributed by atoms with van der Waals surface area (Å²) in [5, 5.41) is 7.02. The van der Waals surface area contributed by atoms with Gasteiger partial charge in [-0.1, -0.05) is 66.7 Å². The number of thiophene rings is 1. The molecule has 0 atom stereocenters. The van der Waals surface area contributed by atoms with E-state index in [4.69, 9.17) is 0 Å². The Kier molecular flexibility index (Phi) is 5.65. The summed E-state index contributed by atoms with van der Waals surface area (Å²) in [6, 6.07) is 25.0. The summed E-state index contributed by atoms with van der Waals surface area (Å²) in [6.45, 7) is 0.594. The monoisotopic (exact) mass is 443 g/mol. The van der Waals surface area contributed by atoms with Crippen molar-refractivity contribution in [3.05, 3.63) is 107 Å². The van der Waals surface area contributed by atoms with Gasteiger partial charge in [-0.15, -0.1) is 22.7 Å². The second-order valence-corrected chi connectivity index (χ2v) is 9.08. The number of aromatic nitrogens is 2. The Morgan fingerprint density at radius 2 is 1.65 bits per heavy atom. The third-order valence-corrected chi connectivity index (χ3v) is 7.07. The van der Waals surface area contributed by atoms with Gasteiger partial charge in [0.1, 0.15) is 11.4 Å². The third-order valence-electron chi connectivity index (χ3n) is 5.34. The summed E-state index contributed by atoms with van der Waals surface area (Å²) in [6.07, 6.45) is 2.78. The summed E-state index contributed by atoms with van der Waals surface area (Å²) in [7, 11) is 0. The smallest absolute Gasteiger partial charge is 0.269 e. The molecule has 4 nitrogen and oxygen atoms in total. The van der Waals surface area contributed by atoms with Crippen LogP contribution >= 0.6 is 22.7 Å². The molecule has 0 unspecified atom stereocenters. The van der Waals surface area contributed by atoms with E-state index in [1.54, 1.807) is 11.3 Å². The number of thiazole rings is 1. The highest BCUT2D eigenvalue weighted by molar-refractivity contribution is 7.15. The first kappa shape index (κ1) is 19.7. The topological polar surface area (TPSA) is 46.4 Å². The number of amides is 1. The van der Waals surface area contributed by atoms with Crippen molar-refractivity contribution in [2.45, 2.75) is 12.3 Å². The Morgan fingerprint density at radius 3 is 2.29 bits per heavy atom. The predicted molar refractivity (Wildman–Crippen MR) is 128 cm³/mol. The molecule has 0 saturated heterocycles. The van der Waals surface area contributed by atoms with E-state index in [0.29, 0.717) is 12.2 Å². The number of hydrogen-bond donors (Lipinski definition) is 1. The van der Waals surface area contributed by atoms with Gasteiger partial charge < -0.3 is 5.32 Å². The molecule has 3 heterocycles. The second-order valence-electron chi connectivity index (χ2n) is 7.30. The van der Waals surface area contributed by atoms with Crippen molar-refractivity contribution in [1.29, 1.82) is 0 Å². The fourth-order valence-corrected chi connectivity index (χ4v) is 5.34. The summed E-state index contributed by atoms with van der Waals surface area (Å²) < 4.78 is 1.89. The fourth-order valence-electron chi connectivity index (χ4n) is 3.81. The molecule has 0 radical (unpaired) electrons. The Bertz CT molecular complexity index is 1240. The first-order valence-electron chi connectivity index (χ1n) is 10.2. The number of carbonyl (C=O) groups is 1. The van der Waals surface area contributed by atoms with Gasteiger partial charge in [0.25, 0.3) is 5.91 Å². The van der Waals surface area contributed by atoms with E-state index in [1.807, 2.05) is 45.6 Å². The molecule has 31 heavy (non-hydrogen) atoms. The van der Waals surface area contributed by atoms with Crippen LogP contribution in [0.5, 0.6) is 0 Å². The minimum absolute atomic E-state index is 0.0683. The predicted octanol–water partition coefficient (Wildman–Crippen LogP) is 6.08. The second kappa shape index (κ2) is 8.88. The van der Waals surface area contributed by atoms with Crippen LogP contribution < -0.4 is 5.32 Å². The van der Waals surface area contributed by atoms with Crippen LogP contribution in [-0.2, 0) is 0 Å². The standard InChI is InChI=1S/C25H21N3OS2/c29-24(22-17-31-25-27-21(16-28(22)25)23-12-7-15-30-23)26-14-13-20(18-8-3-1-4-9-18)19-10-5-2-6-11-19/h1-12,15-17,20H,13-14H2,(H,26,29). The average molecular weight is 444 g/mol. The van der Waals surface area contributed by atoms with Crippen molar-refractivity contribution >= 4 is 33.5 Å². The molecule has 0 aliphatic rings. The van der Waals surface area contributed by atoms with E-state index in [-0.39, 0.29) is 11.8 Å². The lowest BCUT2D eigenvalue weighted by Crippen LogP contribution is -2.26. The van der Waals surface area contributed by atoms with Gasteiger partial charge in [0.2, 0.25) is 0 Å². The molecule has 0 fully saturated rings. The van der Waals surface area contributed by atoms with Crippen LogP contribution in [0.4, 0.5) is 0 Å². The van der Waals surface area contributed by atoms with Crippen LogP contribution in [-0.4, -0.2) is 21.8 Å². The zero-order chi connectivity index (χ0) is 21.0. The molecule has 0 spiro atoms. The molecule has 0 aliphatic carbocycles. The lowest BCUT2D eigenvalue weighted by Gasteiger charge is -2.18. The van der Waals surface area contributed by atoms with E-state index in [1.165, 1.54) is 22.5 Å². The Morgan fingerprint density at radius 1 is 0.935 bits per heavy atom. The number of imidazole rings is 1. The highest BCUT2D eigenvalue weighted by Crippen LogP contribution is 2.28. The number of nitrogens with zero attached hydrogens (tertiary/aromatic N) is 2. The molecule has 1 amide bonds. The van der Waals surface area contributed by atoms with Crippen LogP contribution in [0.15, 0.2) is 89.8 Å². The molecular weight excluding hydrogens is 422 g/mol. The highest BCUT2D eigenvalue weighted by atomic mass is 32.1. The number of fused-ring (bicyclic) bond motifs is 1. The van der Waals surface area contributed by atoms with Crippen molar-refractivity contribution in [3.63, 3.8) is 0 Å². The normalized spacial score (nSPS) is 11.3. The fraction of sp³-hybridized carbons (Fsp3) is 0.120. The zero-order valence-corrected chi connectivity index (χ0v) is 18.4. The van der Waals surface area contributed by atoms with Gasteiger partial charge in [0, 0.05) is 24.0 Å². The van der Waals surface area contributed by atoms with Crippen LogP contribution in [0, 0.1) is 0 Å². The average Bonchev–Trinajstić information content (AvgIpc) is 3.55. The van der Waals surface area contributed by atoms with Crippen molar-refractivity contribution in [2.75, 3.05) is 6.54 Å². The largest absolute Gasteiger partial charge is 0.351 e. The Balaban J connectivity index is 1.31. The van der Waals surface area contributed by atoms with Gasteiger partial charge in [0.05, 0.1) is 4.88 Å². The maximum atomic E-state index is 12.9. The highest BCUT2D eigenvalue weighted by Gasteiger charge is 2.17. The van der Waals surface area contributed by atoms with E-state index < -0.39 is 0 Å². The van der Waals surface area contributed by atoms with E-state index in [9.17, 15) is 4.79 Å². The molecule has 1 N–H and O–H groups in total. The number of carbonyl (C=O) groups excluding carboxylic acids is 1. The third kappa shape index (κ3) is 4.17. The lowest BCUT2D eigenvalue weighted by atomic mass is 9.88. The first-order valence-corrected chi connectivity index (χ1v) is 11.9. The Labute approximate surface area is 188 Å². The molecule has 3 aromatic heterocycles. The van der Waals surface area contributed by atoms with Crippen LogP contribution in [0.3, 0.4) is 0 Å². The number of rotatable bonds is 7. The molecule has 0 bridgehead atoms. The van der Waals surface area contributed by atoms with Crippen molar-refractivity contribution in [3.8, 4) is 10.6 Å². The molecule has 6 heteroatoms. The first-order chi connectivity index (χ1) is 15.3. The van der Waals surface area contributed by atoms with Crippen molar-refractivity contribution in [1.82, 2.24) is 14.7 Å². The number of hydrogen-bond acceptors (Lipinski definition) is 4. The molecule has 5 aromatic rings. The minimum Gasteiger partial charge on any atom is -0.351 e. The molecule has 0 aliphatic heterocycles. The van der Waals surface area contributed by atoms with Crippen LogP contribution in [0.2, 0.25) is 0 Å². The zero-order valence-electron chi connectivity index (χ0n) is 16.8. The molecular formula is C25H21N3OS2. The summed E-state index contributed by atoms with van der Waals surface area (Å²) >= 11 is 3.14. The van der Waals surface area contributed by atoms with Gasteiger partial charge in [-0.25, -0.2) is 4.98 Å². The molecule has 2 aromatic carbocycles. The minimum atomic E-state index is -0.0683. The van der Waals surface area contributed by atoms with Gasteiger partial charge in [-0.3, -0.25) is 9.20 Å². The number of nitrogens with one attached hydrogen (secondary N) is 1. The van der Waals surface area contributed by atoms with Crippen molar-refractivity contribution < 1.29 is 4.79 Å². The maximum Gasteiger partial charge on any atom is 0.269 e.